The number of aryl methyl sites for hydroxylation is 1. The van der Waals surface area contributed by atoms with E-state index < -0.39 is 0 Å². The van der Waals surface area contributed by atoms with Crippen LogP contribution in [0.4, 0.5) is 0 Å². The van der Waals surface area contributed by atoms with Gasteiger partial charge in [-0.1, -0.05) is 29.8 Å². The molecule has 0 aromatic heterocycles. The molecule has 0 N–H and O–H groups in total. The zero-order valence-corrected chi connectivity index (χ0v) is 7.92. The van der Waals surface area contributed by atoms with E-state index in [2.05, 4.69) is 31.2 Å². The van der Waals surface area contributed by atoms with Gasteiger partial charge in [-0.25, -0.2) is 0 Å². The molecule has 0 unspecified atom stereocenters. The highest BCUT2D eigenvalue weighted by Gasteiger charge is 1.95. The van der Waals surface area contributed by atoms with Crippen molar-refractivity contribution in [1.82, 2.24) is 0 Å². The molecular formula is C11H15O. The van der Waals surface area contributed by atoms with E-state index in [1.807, 2.05) is 13.8 Å². The molecule has 0 aliphatic rings. The predicted molar refractivity (Wildman–Crippen MR) is 50.6 cm³/mol. The summed E-state index contributed by atoms with van der Waals surface area (Å²) in [7, 11) is 0. The average molecular weight is 163 g/mol. The van der Waals surface area contributed by atoms with Crippen LogP contribution in [-0.2, 0) is 11.3 Å². The van der Waals surface area contributed by atoms with Gasteiger partial charge in [0.1, 0.15) is 0 Å². The van der Waals surface area contributed by atoms with Crippen LogP contribution in [0.25, 0.3) is 0 Å². The van der Waals surface area contributed by atoms with Crippen molar-refractivity contribution in [2.45, 2.75) is 27.4 Å². The molecule has 1 heteroatoms. The number of hydrogen-bond donors (Lipinski definition) is 0. The molecule has 0 heterocycles. The Kier molecular flexibility index (Phi) is 3.30. The molecule has 65 valence electrons. The van der Waals surface area contributed by atoms with Gasteiger partial charge >= 0.3 is 0 Å². The summed E-state index contributed by atoms with van der Waals surface area (Å²) in [5.41, 5.74) is 2.51. The number of hydrogen-bond acceptors (Lipinski definition) is 1. The second-order valence-corrected chi connectivity index (χ2v) is 3.18. The molecule has 1 aromatic rings. The Bertz CT molecular complexity index is 223. The van der Waals surface area contributed by atoms with E-state index >= 15 is 0 Å². The standard InChI is InChI=1S/C11H15O/c1-9(2)12-8-11-6-4-10(3)5-7-11/h4-7H,8H2,1-3H3. The van der Waals surface area contributed by atoms with Crippen LogP contribution in [-0.4, -0.2) is 0 Å². The highest BCUT2D eigenvalue weighted by atomic mass is 16.5. The van der Waals surface area contributed by atoms with Crippen molar-refractivity contribution < 1.29 is 4.74 Å². The SMILES string of the molecule is C[C](C)OCc1ccc(C)cc1. The maximum Gasteiger partial charge on any atom is 0.0914 e. The van der Waals surface area contributed by atoms with Crippen molar-refractivity contribution in [2.24, 2.45) is 0 Å². The second kappa shape index (κ2) is 4.27. The van der Waals surface area contributed by atoms with E-state index in [0.29, 0.717) is 6.61 Å². The van der Waals surface area contributed by atoms with Gasteiger partial charge in [0.05, 0.1) is 12.7 Å². The van der Waals surface area contributed by atoms with E-state index in [1.54, 1.807) is 0 Å². The fourth-order valence-corrected chi connectivity index (χ4v) is 0.912. The Morgan fingerprint density at radius 1 is 1.17 bits per heavy atom. The van der Waals surface area contributed by atoms with E-state index in [-0.39, 0.29) is 0 Å². The molecule has 1 radical (unpaired) electrons. The zero-order chi connectivity index (χ0) is 8.97. The molecule has 0 spiro atoms. The van der Waals surface area contributed by atoms with Crippen LogP contribution in [0.2, 0.25) is 0 Å². The fraction of sp³-hybridized carbons (Fsp3) is 0.364. The van der Waals surface area contributed by atoms with E-state index in [0.717, 1.165) is 6.10 Å². The van der Waals surface area contributed by atoms with Gasteiger partial charge in [0.2, 0.25) is 0 Å². The first-order valence-corrected chi connectivity index (χ1v) is 4.17. The summed E-state index contributed by atoms with van der Waals surface area (Å²) in [5, 5.41) is 0. The van der Waals surface area contributed by atoms with Crippen LogP contribution >= 0.6 is 0 Å². The highest BCUT2D eigenvalue weighted by Crippen LogP contribution is 2.07. The molecule has 1 nitrogen and oxygen atoms in total. The number of ether oxygens (including phenoxy) is 1. The van der Waals surface area contributed by atoms with Gasteiger partial charge in [-0.15, -0.1) is 0 Å². The molecule has 0 fully saturated rings. The molecule has 1 rings (SSSR count). The topological polar surface area (TPSA) is 9.23 Å². The lowest BCUT2D eigenvalue weighted by atomic mass is 10.2. The number of benzene rings is 1. The fourth-order valence-electron chi connectivity index (χ4n) is 0.912. The molecule has 0 saturated heterocycles. The van der Waals surface area contributed by atoms with Crippen molar-refractivity contribution in [3.8, 4) is 0 Å². The Balaban J connectivity index is 2.48. The van der Waals surface area contributed by atoms with Gasteiger partial charge in [0.25, 0.3) is 0 Å². The lowest BCUT2D eigenvalue weighted by Gasteiger charge is -2.06. The predicted octanol–water partition coefficient (Wildman–Crippen LogP) is 3.08. The first-order chi connectivity index (χ1) is 5.68. The summed E-state index contributed by atoms with van der Waals surface area (Å²) in [6, 6.07) is 8.39. The average Bonchev–Trinajstić information content (AvgIpc) is 2.03. The second-order valence-electron chi connectivity index (χ2n) is 3.18. The molecule has 0 aliphatic heterocycles. The van der Waals surface area contributed by atoms with Gasteiger partial charge in [-0.3, -0.25) is 0 Å². The Morgan fingerprint density at radius 2 is 1.75 bits per heavy atom. The summed E-state index contributed by atoms with van der Waals surface area (Å²) < 4.78 is 5.38. The Labute approximate surface area is 74.4 Å². The van der Waals surface area contributed by atoms with Crippen LogP contribution in [0, 0.1) is 13.0 Å². The zero-order valence-electron chi connectivity index (χ0n) is 7.92. The molecule has 0 bridgehead atoms. The minimum absolute atomic E-state index is 0.683. The van der Waals surface area contributed by atoms with Crippen molar-refractivity contribution in [3.05, 3.63) is 41.5 Å². The molecule has 0 aliphatic carbocycles. The third-order valence-electron chi connectivity index (χ3n) is 1.65. The summed E-state index contributed by atoms with van der Waals surface area (Å²) in [5.74, 6) is 0. The third-order valence-corrected chi connectivity index (χ3v) is 1.65. The highest BCUT2D eigenvalue weighted by molar-refractivity contribution is 5.20. The van der Waals surface area contributed by atoms with Crippen LogP contribution in [0.1, 0.15) is 25.0 Å². The lowest BCUT2D eigenvalue weighted by molar-refractivity contribution is 0.143. The summed E-state index contributed by atoms with van der Waals surface area (Å²) in [6.45, 7) is 6.70. The largest absolute Gasteiger partial charge is 0.368 e. The summed E-state index contributed by atoms with van der Waals surface area (Å²) >= 11 is 0. The minimum Gasteiger partial charge on any atom is -0.368 e. The number of rotatable bonds is 3. The summed E-state index contributed by atoms with van der Waals surface area (Å²) in [4.78, 5) is 0. The van der Waals surface area contributed by atoms with E-state index in [4.69, 9.17) is 4.74 Å². The minimum atomic E-state index is 0.683. The maximum atomic E-state index is 5.38. The molecule has 12 heavy (non-hydrogen) atoms. The normalized spacial score (nSPS) is 10.7. The third kappa shape index (κ3) is 3.05. The van der Waals surface area contributed by atoms with Gasteiger partial charge in [-0.2, -0.15) is 0 Å². The van der Waals surface area contributed by atoms with E-state index in [9.17, 15) is 0 Å². The Morgan fingerprint density at radius 3 is 2.25 bits per heavy atom. The van der Waals surface area contributed by atoms with Crippen molar-refractivity contribution in [2.75, 3.05) is 0 Å². The Hall–Kier alpha value is -0.820. The maximum absolute atomic E-state index is 5.38. The van der Waals surface area contributed by atoms with Gasteiger partial charge < -0.3 is 4.74 Å². The lowest BCUT2D eigenvalue weighted by Crippen LogP contribution is -1.94. The molecule has 0 atom stereocenters. The van der Waals surface area contributed by atoms with Gasteiger partial charge in [0.15, 0.2) is 0 Å². The molecule has 1 aromatic carbocycles. The smallest absolute Gasteiger partial charge is 0.0914 e. The van der Waals surface area contributed by atoms with Crippen LogP contribution < -0.4 is 0 Å². The molecule has 0 saturated carbocycles. The molecular weight excluding hydrogens is 148 g/mol. The van der Waals surface area contributed by atoms with Crippen molar-refractivity contribution in [1.29, 1.82) is 0 Å². The van der Waals surface area contributed by atoms with Crippen LogP contribution in [0.5, 0.6) is 0 Å². The van der Waals surface area contributed by atoms with Crippen molar-refractivity contribution in [3.63, 3.8) is 0 Å². The van der Waals surface area contributed by atoms with Crippen LogP contribution in [0.15, 0.2) is 24.3 Å². The van der Waals surface area contributed by atoms with Crippen LogP contribution in [0.3, 0.4) is 0 Å². The molecule has 0 amide bonds. The summed E-state index contributed by atoms with van der Waals surface area (Å²) in [6.07, 6.45) is 1.01. The van der Waals surface area contributed by atoms with Gasteiger partial charge in [0, 0.05) is 0 Å². The first kappa shape index (κ1) is 9.27. The first-order valence-electron chi connectivity index (χ1n) is 4.17. The quantitative estimate of drug-likeness (QED) is 0.665. The van der Waals surface area contributed by atoms with Crippen molar-refractivity contribution >= 4 is 0 Å². The monoisotopic (exact) mass is 163 g/mol. The van der Waals surface area contributed by atoms with E-state index in [1.165, 1.54) is 11.1 Å². The van der Waals surface area contributed by atoms with Gasteiger partial charge in [-0.05, 0) is 26.3 Å².